The fourth-order valence-corrected chi connectivity index (χ4v) is 4.50. The van der Waals surface area contributed by atoms with Crippen LogP contribution in [-0.2, 0) is 10.8 Å². The Morgan fingerprint density at radius 1 is 0.966 bits per heavy atom. The minimum atomic E-state index is -0.890. The van der Waals surface area contributed by atoms with Crippen LogP contribution in [0.2, 0.25) is 0 Å². The van der Waals surface area contributed by atoms with Crippen LogP contribution in [0.15, 0.2) is 36.4 Å². The lowest BCUT2D eigenvalue weighted by Crippen LogP contribution is -2.34. The fraction of sp³-hybridized carbons (Fsp3) is 0.444. The summed E-state index contributed by atoms with van der Waals surface area (Å²) in [6.45, 7) is 16.2. The zero-order valence-corrected chi connectivity index (χ0v) is 18.9. The van der Waals surface area contributed by atoms with Crippen LogP contribution < -0.4 is 0 Å². The molecule has 1 aliphatic rings. The summed E-state index contributed by atoms with van der Waals surface area (Å²) < 4.78 is 0. The quantitative estimate of drug-likeness (QED) is 0.552. The van der Waals surface area contributed by atoms with E-state index < -0.39 is 5.97 Å². The highest BCUT2D eigenvalue weighted by Crippen LogP contribution is 2.48. The number of fused-ring (bicyclic) bond motifs is 1. The van der Waals surface area contributed by atoms with Crippen molar-refractivity contribution < 1.29 is 9.90 Å². The first-order valence-electron chi connectivity index (χ1n) is 10.6. The third-order valence-corrected chi connectivity index (χ3v) is 6.61. The molecule has 0 fully saturated rings. The van der Waals surface area contributed by atoms with E-state index in [2.05, 4.69) is 66.7 Å². The Hall–Kier alpha value is -2.35. The van der Waals surface area contributed by atoms with E-state index in [1.807, 2.05) is 12.1 Å². The molecule has 1 aliphatic carbocycles. The first-order chi connectivity index (χ1) is 13.4. The van der Waals surface area contributed by atoms with Gasteiger partial charge < -0.3 is 5.11 Å². The molecular weight excluding hydrogens is 356 g/mol. The van der Waals surface area contributed by atoms with E-state index in [4.69, 9.17) is 5.11 Å². The molecule has 0 unspecified atom stereocenters. The molecule has 2 aromatic carbocycles. The Morgan fingerprint density at radius 2 is 1.48 bits per heavy atom. The van der Waals surface area contributed by atoms with Crippen LogP contribution in [0, 0.1) is 0 Å². The van der Waals surface area contributed by atoms with Crippen molar-refractivity contribution in [3.05, 3.63) is 69.8 Å². The monoisotopic (exact) mass is 390 g/mol. The highest BCUT2D eigenvalue weighted by atomic mass is 16.4. The summed E-state index contributed by atoms with van der Waals surface area (Å²) in [6.07, 6.45) is 4.59. The number of carboxylic acid groups (broad SMARTS) is 1. The third kappa shape index (κ3) is 4.17. The van der Waals surface area contributed by atoms with Crippen molar-refractivity contribution in [3.8, 4) is 0 Å². The molecule has 0 radical (unpaired) electrons. The van der Waals surface area contributed by atoms with Gasteiger partial charge in [0.05, 0.1) is 5.56 Å². The smallest absolute Gasteiger partial charge is 0.335 e. The van der Waals surface area contributed by atoms with Gasteiger partial charge in [0.15, 0.2) is 0 Å². The topological polar surface area (TPSA) is 37.3 Å². The molecule has 0 saturated carbocycles. The van der Waals surface area contributed by atoms with Crippen LogP contribution in [0.3, 0.4) is 0 Å². The minimum absolute atomic E-state index is 0.179. The van der Waals surface area contributed by atoms with E-state index in [0.717, 1.165) is 5.56 Å². The van der Waals surface area contributed by atoms with Crippen molar-refractivity contribution in [1.82, 2.24) is 0 Å². The van der Waals surface area contributed by atoms with E-state index in [0.29, 0.717) is 11.5 Å². The van der Waals surface area contributed by atoms with Gasteiger partial charge in [-0.15, -0.1) is 0 Å². The maximum absolute atomic E-state index is 11.1. The maximum Gasteiger partial charge on any atom is 0.335 e. The van der Waals surface area contributed by atoms with Gasteiger partial charge in [0.2, 0.25) is 0 Å². The maximum atomic E-state index is 11.1. The number of rotatable bonds is 4. The van der Waals surface area contributed by atoms with Gasteiger partial charge in [-0.05, 0) is 82.0 Å². The summed E-state index contributed by atoms with van der Waals surface area (Å²) in [6, 6.07) is 12.0. The molecule has 2 nitrogen and oxygen atoms in total. The van der Waals surface area contributed by atoms with Crippen molar-refractivity contribution in [2.24, 2.45) is 0 Å². The average molecular weight is 391 g/mol. The molecule has 154 valence electrons. The normalized spacial score (nSPS) is 17.9. The van der Waals surface area contributed by atoms with Gasteiger partial charge in [-0.2, -0.15) is 0 Å². The van der Waals surface area contributed by atoms with Crippen molar-refractivity contribution in [3.63, 3.8) is 0 Å². The zero-order valence-electron chi connectivity index (χ0n) is 18.9. The van der Waals surface area contributed by atoms with Crippen LogP contribution in [0.5, 0.6) is 0 Å². The second-order valence-corrected chi connectivity index (χ2v) is 10.2. The van der Waals surface area contributed by atoms with E-state index >= 15 is 0 Å². The van der Waals surface area contributed by atoms with Gasteiger partial charge in [0.25, 0.3) is 0 Å². The van der Waals surface area contributed by atoms with Gasteiger partial charge in [-0.1, -0.05) is 71.9 Å². The van der Waals surface area contributed by atoms with Crippen LogP contribution in [0.4, 0.5) is 0 Å². The molecule has 3 rings (SSSR count). The number of benzene rings is 2. The molecular formula is C27H34O2. The predicted octanol–water partition coefficient (Wildman–Crippen LogP) is 7.42. The molecule has 2 aromatic rings. The third-order valence-electron chi connectivity index (χ3n) is 6.61. The van der Waals surface area contributed by atoms with Gasteiger partial charge in [-0.3, -0.25) is 0 Å². The molecule has 0 saturated heterocycles. The largest absolute Gasteiger partial charge is 0.478 e. The summed E-state index contributed by atoms with van der Waals surface area (Å²) in [7, 11) is 0. The molecule has 2 heteroatoms. The Kier molecular flexibility index (Phi) is 5.51. The molecule has 0 amide bonds. The van der Waals surface area contributed by atoms with E-state index in [9.17, 15) is 4.79 Å². The molecule has 0 spiro atoms. The Labute approximate surface area is 175 Å². The second kappa shape index (κ2) is 7.48. The van der Waals surface area contributed by atoms with Crippen LogP contribution in [0.25, 0.3) is 11.6 Å². The van der Waals surface area contributed by atoms with Gasteiger partial charge in [0.1, 0.15) is 0 Å². The number of aromatic carboxylic acids is 1. The highest BCUT2D eigenvalue weighted by molar-refractivity contribution is 5.88. The summed E-state index contributed by atoms with van der Waals surface area (Å²) in [5.74, 6) is -0.451. The van der Waals surface area contributed by atoms with Crippen molar-refractivity contribution in [1.29, 1.82) is 0 Å². The Bertz CT molecular complexity index is 957. The number of carboxylic acids is 1. The van der Waals surface area contributed by atoms with Gasteiger partial charge >= 0.3 is 5.97 Å². The second-order valence-electron chi connectivity index (χ2n) is 10.2. The molecule has 0 aromatic heterocycles. The fourth-order valence-electron chi connectivity index (χ4n) is 4.50. The van der Waals surface area contributed by atoms with Crippen molar-refractivity contribution >= 4 is 17.6 Å². The van der Waals surface area contributed by atoms with E-state index in [1.54, 1.807) is 12.1 Å². The molecule has 0 heterocycles. The number of hydrogen-bond acceptors (Lipinski definition) is 1. The molecule has 0 aliphatic heterocycles. The average Bonchev–Trinajstić information content (AvgIpc) is 2.65. The first-order valence-corrected chi connectivity index (χ1v) is 10.6. The molecule has 0 atom stereocenters. The lowest BCUT2D eigenvalue weighted by Gasteiger charge is -2.43. The summed E-state index contributed by atoms with van der Waals surface area (Å²) in [5, 5.41) is 9.12. The van der Waals surface area contributed by atoms with E-state index in [1.165, 1.54) is 40.7 Å². The van der Waals surface area contributed by atoms with Gasteiger partial charge in [-0.25, -0.2) is 4.79 Å². The zero-order chi connectivity index (χ0) is 21.6. The molecule has 29 heavy (non-hydrogen) atoms. The number of hydrogen-bond donors (Lipinski definition) is 1. The van der Waals surface area contributed by atoms with Crippen molar-refractivity contribution in [2.45, 2.75) is 78.1 Å². The van der Waals surface area contributed by atoms with Crippen molar-refractivity contribution in [2.75, 3.05) is 0 Å². The minimum Gasteiger partial charge on any atom is -0.478 e. The first kappa shape index (κ1) is 21.4. The van der Waals surface area contributed by atoms with Gasteiger partial charge in [0, 0.05) is 0 Å². The highest BCUT2D eigenvalue weighted by Gasteiger charge is 2.37. The lowest BCUT2D eigenvalue weighted by molar-refractivity contribution is 0.0697. The lowest BCUT2D eigenvalue weighted by atomic mass is 9.62. The van der Waals surface area contributed by atoms with Crippen LogP contribution in [-0.4, -0.2) is 11.1 Å². The number of allylic oxidation sites excluding steroid dienone is 1. The Balaban J connectivity index is 2.14. The summed E-state index contributed by atoms with van der Waals surface area (Å²) >= 11 is 0. The summed E-state index contributed by atoms with van der Waals surface area (Å²) in [4.78, 5) is 11.1. The SMILES string of the molecule is CC(=Cc1ccc(C(=O)O)cc1)c1cc2c(cc1C(C)C)C(C)(C)CCC2(C)C. The molecule has 0 bridgehead atoms. The van der Waals surface area contributed by atoms with Crippen LogP contribution in [0.1, 0.15) is 105 Å². The van der Waals surface area contributed by atoms with E-state index in [-0.39, 0.29) is 10.8 Å². The standard InChI is InChI=1S/C27H34O2/c1-17(2)21-15-23-24(27(6,7)13-12-26(23,4)5)16-22(21)18(3)14-19-8-10-20(11-9-19)25(28)29/h8-11,14-17H,12-13H2,1-7H3,(H,28,29). The predicted molar refractivity (Wildman–Crippen MR) is 123 cm³/mol. The number of carbonyl (C=O) groups is 1. The summed E-state index contributed by atoms with van der Waals surface area (Å²) in [5.41, 5.74) is 8.63. The van der Waals surface area contributed by atoms with Crippen LogP contribution >= 0.6 is 0 Å². The molecule has 1 N–H and O–H groups in total. The Morgan fingerprint density at radius 3 is 1.97 bits per heavy atom.